The van der Waals surface area contributed by atoms with Crippen molar-refractivity contribution in [3.8, 4) is 0 Å². The van der Waals surface area contributed by atoms with Crippen molar-refractivity contribution in [1.82, 2.24) is 15.3 Å². The van der Waals surface area contributed by atoms with Crippen LogP contribution in [0.5, 0.6) is 0 Å². The molecule has 0 unspecified atom stereocenters. The highest BCUT2D eigenvalue weighted by molar-refractivity contribution is 7.10. The average Bonchev–Trinajstić information content (AvgIpc) is 3.23. The third-order valence-corrected chi connectivity index (χ3v) is 5.84. The van der Waals surface area contributed by atoms with Crippen LogP contribution in [-0.2, 0) is 6.54 Å². The van der Waals surface area contributed by atoms with Gasteiger partial charge in [-0.25, -0.2) is 4.98 Å². The predicted molar refractivity (Wildman–Crippen MR) is 116 cm³/mol. The Balaban J connectivity index is 1.61. The van der Waals surface area contributed by atoms with Crippen molar-refractivity contribution in [2.45, 2.75) is 32.4 Å². The maximum Gasteiger partial charge on any atom is 0.258 e. The standard InChI is InChI=1S/C23H23N3OS/c1-15(2)16-9-11-17(12-10-16)22(20-8-5-13-28-20)24-14-21-25-19-7-4-3-6-18(19)23(27)26-21/h3-13,15,22,24H,14H2,1-2H3,(H,25,26,27)/t22-/m1/s1. The summed E-state index contributed by atoms with van der Waals surface area (Å²) in [6.45, 7) is 4.88. The van der Waals surface area contributed by atoms with Crippen LogP contribution in [-0.4, -0.2) is 9.97 Å². The lowest BCUT2D eigenvalue weighted by Gasteiger charge is -2.19. The maximum absolute atomic E-state index is 12.3. The van der Waals surface area contributed by atoms with E-state index in [1.54, 1.807) is 17.4 Å². The molecule has 0 fully saturated rings. The number of rotatable bonds is 6. The van der Waals surface area contributed by atoms with E-state index in [-0.39, 0.29) is 11.6 Å². The van der Waals surface area contributed by atoms with Crippen LogP contribution < -0.4 is 10.9 Å². The molecule has 2 aromatic heterocycles. The van der Waals surface area contributed by atoms with Gasteiger partial charge in [0.05, 0.1) is 23.5 Å². The van der Waals surface area contributed by atoms with Gasteiger partial charge in [-0.05, 0) is 40.6 Å². The molecule has 0 aliphatic carbocycles. The number of nitrogens with one attached hydrogen (secondary N) is 2. The summed E-state index contributed by atoms with van der Waals surface area (Å²) in [6.07, 6.45) is 0. The Labute approximate surface area is 168 Å². The quantitative estimate of drug-likeness (QED) is 0.489. The zero-order valence-corrected chi connectivity index (χ0v) is 16.8. The van der Waals surface area contributed by atoms with Gasteiger partial charge in [-0.15, -0.1) is 11.3 Å². The molecule has 2 heterocycles. The number of hydrogen-bond acceptors (Lipinski definition) is 4. The van der Waals surface area contributed by atoms with Gasteiger partial charge < -0.3 is 4.98 Å². The Kier molecular flexibility index (Phi) is 5.37. The highest BCUT2D eigenvalue weighted by Crippen LogP contribution is 2.27. The Hall–Kier alpha value is -2.76. The molecule has 142 valence electrons. The molecular weight excluding hydrogens is 366 g/mol. The minimum atomic E-state index is -0.101. The lowest BCUT2D eigenvalue weighted by atomic mass is 9.98. The number of aromatic nitrogens is 2. The van der Waals surface area contributed by atoms with E-state index in [9.17, 15) is 4.79 Å². The number of fused-ring (bicyclic) bond motifs is 1. The first-order valence-corrected chi connectivity index (χ1v) is 10.3. The van der Waals surface area contributed by atoms with Crippen molar-refractivity contribution >= 4 is 22.2 Å². The maximum atomic E-state index is 12.3. The lowest BCUT2D eigenvalue weighted by Crippen LogP contribution is -2.24. The van der Waals surface area contributed by atoms with Gasteiger partial charge in [-0.1, -0.05) is 56.3 Å². The second kappa shape index (κ2) is 8.09. The lowest BCUT2D eigenvalue weighted by molar-refractivity contribution is 0.594. The van der Waals surface area contributed by atoms with E-state index in [2.05, 4.69) is 70.9 Å². The van der Waals surface area contributed by atoms with Crippen molar-refractivity contribution in [3.63, 3.8) is 0 Å². The van der Waals surface area contributed by atoms with E-state index < -0.39 is 0 Å². The molecule has 28 heavy (non-hydrogen) atoms. The first kappa shape index (κ1) is 18.6. The molecule has 2 N–H and O–H groups in total. The summed E-state index contributed by atoms with van der Waals surface area (Å²) < 4.78 is 0. The van der Waals surface area contributed by atoms with Gasteiger partial charge >= 0.3 is 0 Å². The molecule has 0 spiro atoms. The van der Waals surface area contributed by atoms with E-state index in [1.165, 1.54) is 16.0 Å². The van der Waals surface area contributed by atoms with Crippen LogP contribution in [0.15, 0.2) is 70.8 Å². The molecule has 2 aromatic carbocycles. The van der Waals surface area contributed by atoms with Gasteiger partial charge in [0.1, 0.15) is 5.82 Å². The molecule has 0 bridgehead atoms. The van der Waals surface area contributed by atoms with Gasteiger partial charge in [-0.3, -0.25) is 10.1 Å². The SMILES string of the molecule is CC(C)c1ccc([C@@H](NCc2nc3ccccc3c(=O)[nH]2)c2cccs2)cc1. The predicted octanol–water partition coefficient (Wildman–Crippen LogP) is 4.99. The molecule has 4 nitrogen and oxygen atoms in total. The Morgan fingerprint density at radius 2 is 1.75 bits per heavy atom. The van der Waals surface area contributed by atoms with Crippen LogP contribution >= 0.6 is 11.3 Å². The monoisotopic (exact) mass is 389 g/mol. The number of H-pyrrole nitrogens is 1. The summed E-state index contributed by atoms with van der Waals surface area (Å²) in [5.74, 6) is 1.15. The van der Waals surface area contributed by atoms with Crippen LogP contribution in [0.1, 0.15) is 47.6 Å². The number of thiophene rings is 1. The van der Waals surface area contributed by atoms with E-state index in [4.69, 9.17) is 0 Å². The molecule has 4 rings (SSSR count). The minimum absolute atomic E-state index is 0.0537. The number of para-hydroxylation sites is 1. The van der Waals surface area contributed by atoms with Crippen LogP contribution in [0.25, 0.3) is 10.9 Å². The molecule has 1 atom stereocenters. The van der Waals surface area contributed by atoms with Crippen LogP contribution in [0, 0.1) is 0 Å². The molecule has 4 aromatic rings. The molecule has 0 amide bonds. The fourth-order valence-corrected chi connectivity index (χ4v) is 4.16. The summed E-state index contributed by atoms with van der Waals surface area (Å²) in [7, 11) is 0. The van der Waals surface area contributed by atoms with E-state index >= 15 is 0 Å². The highest BCUT2D eigenvalue weighted by Gasteiger charge is 2.16. The summed E-state index contributed by atoms with van der Waals surface area (Å²) in [4.78, 5) is 21.1. The van der Waals surface area contributed by atoms with E-state index in [1.807, 2.05) is 18.2 Å². The third kappa shape index (κ3) is 3.91. The molecule has 0 saturated carbocycles. The van der Waals surface area contributed by atoms with E-state index in [0.29, 0.717) is 23.7 Å². The molecule has 0 aliphatic rings. The average molecular weight is 390 g/mol. The zero-order valence-electron chi connectivity index (χ0n) is 16.0. The smallest absolute Gasteiger partial charge is 0.258 e. The molecule has 0 aliphatic heterocycles. The van der Waals surface area contributed by atoms with E-state index in [0.717, 1.165) is 5.52 Å². The van der Waals surface area contributed by atoms with Gasteiger partial charge in [0.15, 0.2) is 0 Å². The zero-order chi connectivity index (χ0) is 19.5. The molecule has 5 heteroatoms. The second-order valence-electron chi connectivity index (χ2n) is 7.18. The fraction of sp³-hybridized carbons (Fsp3) is 0.217. The van der Waals surface area contributed by atoms with Gasteiger partial charge in [0.25, 0.3) is 5.56 Å². The molecular formula is C23H23N3OS. The first-order chi connectivity index (χ1) is 13.6. The number of benzene rings is 2. The summed E-state index contributed by atoms with van der Waals surface area (Å²) in [6, 6.07) is 20.4. The highest BCUT2D eigenvalue weighted by atomic mass is 32.1. The Bertz CT molecular complexity index is 1110. The summed E-state index contributed by atoms with van der Waals surface area (Å²) in [5, 5.41) is 6.28. The van der Waals surface area contributed by atoms with Crippen molar-refractivity contribution in [2.75, 3.05) is 0 Å². The van der Waals surface area contributed by atoms with Crippen molar-refractivity contribution in [3.05, 3.63) is 98.2 Å². The Morgan fingerprint density at radius 1 is 1.00 bits per heavy atom. The van der Waals surface area contributed by atoms with Crippen LogP contribution in [0.4, 0.5) is 0 Å². The Morgan fingerprint density at radius 3 is 2.46 bits per heavy atom. The first-order valence-electron chi connectivity index (χ1n) is 9.46. The van der Waals surface area contributed by atoms with Crippen molar-refractivity contribution in [2.24, 2.45) is 0 Å². The third-order valence-electron chi connectivity index (χ3n) is 4.90. The van der Waals surface area contributed by atoms with Gasteiger partial charge in [0, 0.05) is 4.88 Å². The number of hydrogen-bond donors (Lipinski definition) is 2. The molecule has 0 saturated heterocycles. The summed E-state index contributed by atoms with van der Waals surface area (Å²) in [5.41, 5.74) is 3.15. The van der Waals surface area contributed by atoms with Crippen molar-refractivity contribution < 1.29 is 0 Å². The van der Waals surface area contributed by atoms with Crippen LogP contribution in [0.2, 0.25) is 0 Å². The topological polar surface area (TPSA) is 57.8 Å². The van der Waals surface area contributed by atoms with Gasteiger partial charge in [0.2, 0.25) is 0 Å². The van der Waals surface area contributed by atoms with Gasteiger partial charge in [-0.2, -0.15) is 0 Å². The minimum Gasteiger partial charge on any atom is -0.309 e. The second-order valence-corrected chi connectivity index (χ2v) is 8.16. The molecule has 0 radical (unpaired) electrons. The number of aromatic amines is 1. The van der Waals surface area contributed by atoms with Crippen LogP contribution in [0.3, 0.4) is 0 Å². The largest absolute Gasteiger partial charge is 0.309 e. The number of nitrogens with zero attached hydrogens (tertiary/aromatic N) is 1. The normalized spacial score (nSPS) is 12.5. The fourth-order valence-electron chi connectivity index (χ4n) is 3.33. The van der Waals surface area contributed by atoms with Crippen molar-refractivity contribution in [1.29, 1.82) is 0 Å². The summed E-state index contributed by atoms with van der Waals surface area (Å²) >= 11 is 1.72.